The number of sulfonamides is 1. The van der Waals surface area contributed by atoms with Gasteiger partial charge in [0.2, 0.25) is 0 Å². The Morgan fingerprint density at radius 1 is 1.43 bits per heavy atom. The number of aromatic amines is 1. The second kappa shape index (κ2) is 5.83. The molecule has 0 aliphatic carbocycles. The second-order valence-electron chi connectivity index (χ2n) is 4.22. The van der Waals surface area contributed by atoms with Crippen molar-refractivity contribution in [2.75, 3.05) is 4.72 Å². The number of aromatic nitrogens is 2. The fraction of sp³-hybridized carbons (Fsp3) is 0.167. The molecule has 9 heteroatoms. The lowest BCUT2D eigenvalue weighted by Gasteiger charge is -2.07. The minimum absolute atomic E-state index is 0.000129. The summed E-state index contributed by atoms with van der Waals surface area (Å²) in [4.78, 5) is 6.68. The van der Waals surface area contributed by atoms with Crippen LogP contribution in [0.5, 0.6) is 0 Å². The third-order valence-corrected chi connectivity index (χ3v) is 4.06. The molecule has 2 aromatic rings. The molecule has 21 heavy (non-hydrogen) atoms. The number of benzene rings is 1. The number of oxime groups is 1. The summed E-state index contributed by atoms with van der Waals surface area (Å²) in [7, 11) is -3.72. The number of nitrogens with zero attached hydrogens (tertiary/aromatic N) is 2. The lowest BCUT2D eigenvalue weighted by atomic mass is 10.2. The van der Waals surface area contributed by atoms with Gasteiger partial charge in [0.05, 0.1) is 6.20 Å². The Bertz CT molecular complexity index is 749. The summed E-state index contributed by atoms with van der Waals surface area (Å²) in [5, 5.41) is 11.4. The van der Waals surface area contributed by atoms with Crippen LogP contribution in [0.4, 0.5) is 5.69 Å². The van der Waals surface area contributed by atoms with E-state index in [1.807, 2.05) is 6.92 Å². The van der Waals surface area contributed by atoms with Gasteiger partial charge in [0.25, 0.3) is 10.0 Å². The quantitative estimate of drug-likeness (QED) is 0.281. The largest absolute Gasteiger partial charge is 0.409 e. The summed E-state index contributed by atoms with van der Waals surface area (Å²) in [6.45, 7) is 1.87. The van der Waals surface area contributed by atoms with E-state index in [9.17, 15) is 8.42 Å². The minimum atomic E-state index is -3.72. The highest BCUT2D eigenvalue weighted by molar-refractivity contribution is 7.92. The maximum absolute atomic E-state index is 12.1. The van der Waals surface area contributed by atoms with Crippen LogP contribution >= 0.6 is 0 Å². The van der Waals surface area contributed by atoms with Gasteiger partial charge in [-0.25, -0.2) is 4.98 Å². The fourth-order valence-corrected chi connectivity index (χ4v) is 2.64. The van der Waals surface area contributed by atoms with E-state index in [1.54, 1.807) is 0 Å². The highest BCUT2D eigenvalue weighted by Gasteiger charge is 2.17. The topological polar surface area (TPSA) is 133 Å². The number of hydrogen-bond donors (Lipinski definition) is 4. The summed E-state index contributed by atoms with van der Waals surface area (Å²) in [5.41, 5.74) is 6.27. The number of hydrogen-bond acceptors (Lipinski definition) is 5. The molecule has 1 heterocycles. The van der Waals surface area contributed by atoms with E-state index < -0.39 is 10.0 Å². The van der Waals surface area contributed by atoms with Gasteiger partial charge in [0.1, 0.15) is 5.82 Å². The first-order chi connectivity index (χ1) is 9.96. The van der Waals surface area contributed by atoms with Gasteiger partial charge in [-0.1, -0.05) is 12.1 Å². The van der Waals surface area contributed by atoms with E-state index >= 15 is 0 Å². The fourth-order valence-electron chi connectivity index (χ4n) is 1.64. The molecule has 0 unspecified atom stereocenters. The van der Waals surface area contributed by atoms with E-state index in [0.717, 1.165) is 0 Å². The molecule has 0 bridgehead atoms. The normalized spacial score (nSPS) is 12.3. The molecule has 0 saturated heterocycles. The lowest BCUT2D eigenvalue weighted by molar-refractivity contribution is 0.318. The molecule has 0 amide bonds. The lowest BCUT2D eigenvalue weighted by Crippen LogP contribution is -2.15. The summed E-state index contributed by atoms with van der Waals surface area (Å²) >= 11 is 0. The minimum Gasteiger partial charge on any atom is -0.409 e. The molecule has 0 radical (unpaired) electrons. The van der Waals surface area contributed by atoms with Gasteiger partial charge in [-0.2, -0.15) is 8.42 Å². The second-order valence-corrected chi connectivity index (χ2v) is 5.87. The molecular formula is C12H15N5O3S. The predicted octanol–water partition coefficient (Wildman–Crippen LogP) is 0.867. The van der Waals surface area contributed by atoms with E-state index in [0.29, 0.717) is 23.5 Å². The first kappa shape index (κ1) is 14.9. The molecule has 0 atom stereocenters. The van der Waals surface area contributed by atoms with E-state index in [1.165, 1.54) is 30.5 Å². The summed E-state index contributed by atoms with van der Waals surface area (Å²) in [5.74, 6) is 0.545. The van der Waals surface area contributed by atoms with Crippen LogP contribution in [-0.2, 0) is 16.4 Å². The Hall–Kier alpha value is -2.55. The molecule has 5 N–H and O–H groups in total. The van der Waals surface area contributed by atoms with Crippen LogP contribution < -0.4 is 10.5 Å². The zero-order valence-corrected chi connectivity index (χ0v) is 12.1. The van der Waals surface area contributed by atoms with E-state index in [4.69, 9.17) is 10.9 Å². The third kappa shape index (κ3) is 3.31. The summed E-state index contributed by atoms with van der Waals surface area (Å²) in [6, 6.07) is 6.11. The van der Waals surface area contributed by atoms with Crippen molar-refractivity contribution in [1.82, 2.24) is 9.97 Å². The number of H-pyrrole nitrogens is 1. The van der Waals surface area contributed by atoms with E-state index in [-0.39, 0.29) is 10.9 Å². The predicted molar refractivity (Wildman–Crippen MR) is 77.7 cm³/mol. The summed E-state index contributed by atoms with van der Waals surface area (Å²) in [6.07, 6.45) is 1.88. The number of amidine groups is 1. The van der Waals surface area contributed by atoms with Crippen molar-refractivity contribution in [3.63, 3.8) is 0 Å². The first-order valence-corrected chi connectivity index (χ1v) is 7.59. The number of anilines is 1. The summed E-state index contributed by atoms with van der Waals surface area (Å²) < 4.78 is 26.7. The average molecular weight is 309 g/mol. The van der Waals surface area contributed by atoms with Crippen LogP contribution in [0.25, 0.3) is 0 Å². The van der Waals surface area contributed by atoms with Gasteiger partial charge < -0.3 is 15.9 Å². The maximum atomic E-state index is 12.1. The molecule has 112 valence electrons. The standard InChI is InChI=1S/C12H15N5O3S/c1-2-10-14-7-11(15-10)21(19,20)17-9-5-3-8(4-6-9)12(13)16-18/h3-7,17-18H,2H2,1H3,(H2,13,16)(H,14,15). The molecular weight excluding hydrogens is 294 g/mol. The van der Waals surface area contributed by atoms with Crippen molar-refractivity contribution in [3.05, 3.63) is 41.9 Å². The Morgan fingerprint density at radius 2 is 2.10 bits per heavy atom. The number of nitrogens with two attached hydrogens (primary N) is 1. The van der Waals surface area contributed by atoms with Gasteiger partial charge in [-0.05, 0) is 24.3 Å². The highest BCUT2D eigenvalue weighted by Crippen LogP contribution is 2.15. The number of rotatable bonds is 5. The maximum Gasteiger partial charge on any atom is 0.278 e. The third-order valence-electron chi connectivity index (χ3n) is 2.77. The molecule has 0 aliphatic heterocycles. The average Bonchev–Trinajstić information content (AvgIpc) is 2.96. The molecule has 0 spiro atoms. The zero-order chi connectivity index (χ0) is 15.5. The molecule has 0 saturated carbocycles. The molecule has 1 aromatic heterocycles. The first-order valence-electron chi connectivity index (χ1n) is 6.11. The Balaban J connectivity index is 2.20. The van der Waals surface area contributed by atoms with Gasteiger partial charge in [-0.3, -0.25) is 4.72 Å². The molecule has 1 aromatic carbocycles. The van der Waals surface area contributed by atoms with Gasteiger partial charge in [-0.15, -0.1) is 0 Å². The monoisotopic (exact) mass is 309 g/mol. The Labute approximate surface area is 121 Å². The van der Waals surface area contributed by atoms with Crippen molar-refractivity contribution < 1.29 is 13.6 Å². The SMILES string of the molecule is CCc1ncc(S(=O)(=O)Nc2ccc(C(N)=NO)cc2)[nH]1. The molecule has 0 aliphatic rings. The number of aryl methyl sites for hydroxylation is 1. The van der Waals surface area contributed by atoms with Crippen LogP contribution in [0.3, 0.4) is 0 Å². The van der Waals surface area contributed by atoms with Crippen molar-refractivity contribution in [3.8, 4) is 0 Å². The van der Waals surface area contributed by atoms with Crippen molar-refractivity contribution in [1.29, 1.82) is 0 Å². The van der Waals surface area contributed by atoms with Gasteiger partial charge in [0.15, 0.2) is 10.9 Å². The highest BCUT2D eigenvalue weighted by atomic mass is 32.2. The van der Waals surface area contributed by atoms with Crippen molar-refractivity contribution >= 4 is 21.5 Å². The Kier molecular flexibility index (Phi) is 4.13. The smallest absolute Gasteiger partial charge is 0.278 e. The molecule has 2 rings (SSSR count). The molecule has 0 fully saturated rings. The van der Waals surface area contributed by atoms with E-state index in [2.05, 4.69) is 19.8 Å². The number of imidazole rings is 1. The van der Waals surface area contributed by atoms with Crippen LogP contribution in [0.1, 0.15) is 18.3 Å². The van der Waals surface area contributed by atoms with Crippen LogP contribution in [-0.4, -0.2) is 29.4 Å². The number of nitrogens with one attached hydrogen (secondary N) is 2. The zero-order valence-electron chi connectivity index (χ0n) is 11.2. The van der Waals surface area contributed by atoms with Gasteiger partial charge >= 0.3 is 0 Å². The van der Waals surface area contributed by atoms with Crippen molar-refractivity contribution in [2.45, 2.75) is 18.4 Å². The van der Waals surface area contributed by atoms with Gasteiger partial charge in [0, 0.05) is 17.7 Å². The van der Waals surface area contributed by atoms with Crippen molar-refractivity contribution in [2.24, 2.45) is 10.9 Å². The Morgan fingerprint density at radius 3 is 2.62 bits per heavy atom. The van der Waals surface area contributed by atoms with Crippen LogP contribution in [0.2, 0.25) is 0 Å². The van der Waals surface area contributed by atoms with Crippen LogP contribution in [0.15, 0.2) is 40.6 Å². The van der Waals surface area contributed by atoms with Crippen LogP contribution in [0, 0.1) is 0 Å². The molecule has 8 nitrogen and oxygen atoms in total.